The lowest BCUT2D eigenvalue weighted by Gasteiger charge is -2.18. The number of hydrogen-bond donors (Lipinski definition) is 2. The largest absolute Gasteiger partial charge is 0.483 e. The molecule has 2 rings (SSSR count). The van der Waals surface area contributed by atoms with E-state index in [1.807, 2.05) is 0 Å². The van der Waals surface area contributed by atoms with E-state index in [1.165, 1.54) is 20.2 Å². The Bertz CT molecular complexity index is 725. The molecular weight excluding hydrogens is 389 g/mol. The molecule has 0 aliphatic carbocycles. The minimum absolute atomic E-state index is 0.180. The Morgan fingerprint density at radius 1 is 1.30 bits per heavy atom. The first-order valence-corrected chi connectivity index (χ1v) is 9.56. The maximum absolute atomic E-state index is 12.7. The second-order valence-electron chi connectivity index (χ2n) is 6.39. The summed E-state index contributed by atoms with van der Waals surface area (Å²) in [6.45, 7) is 0.549. The SMILES string of the molecule is CN(C)S(=O)(=O)C[C@@H]1CN(Cc2cccc(C(F)(F)F)c2)C[C@@H]1O.O=CO. The van der Waals surface area contributed by atoms with Gasteiger partial charge in [-0.05, 0) is 11.6 Å². The molecule has 0 bridgehead atoms. The third kappa shape index (κ3) is 7.09. The molecule has 1 aliphatic heterocycles. The van der Waals surface area contributed by atoms with E-state index in [-0.39, 0.29) is 25.3 Å². The van der Waals surface area contributed by atoms with E-state index in [9.17, 15) is 26.7 Å². The number of carbonyl (C=O) groups is 1. The van der Waals surface area contributed by atoms with Gasteiger partial charge in [0.2, 0.25) is 10.0 Å². The summed E-state index contributed by atoms with van der Waals surface area (Å²) in [4.78, 5) is 10.1. The van der Waals surface area contributed by atoms with Crippen LogP contribution in [0.2, 0.25) is 0 Å². The summed E-state index contributed by atoms with van der Waals surface area (Å²) < 4.78 is 63.2. The highest BCUT2D eigenvalue weighted by Crippen LogP contribution is 2.30. The zero-order chi connectivity index (χ0) is 20.8. The topological polar surface area (TPSA) is 98.2 Å². The lowest BCUT2D eigenvalue weighted by molar-refractivity contribution is -0.137. The van der Waals surface area contributed by atoms with Gasteiger partial charge in [-0.15, -0.1) is 0 Å². The third-order valence-electron chi connectivity index (χ3n) is 4.12. The Labute approximate surface area is 156 Å². The maximum Gasteiger partial charge on any atom is 0.416 e. The molecule has 11 heteroatoms. The standard InChI is InChI=1S/C15H21F3N2O3S.CH2O2/c1-19(2)24(22,23)10-12-8-20(9-14(12)21)7-11-4-3-5-13(6-11)15(16,17)18;2-1-3/h3-6,12,14,21H,7-10H2,1-2H3;1H,(H,2,3)/t12-,14-;/m0./s1. The number of nitrogens with zero attached hydrogens (tertiary/aromatic N) is 2. The van der Waals surface area contributed by atoms with Gasteiger partial charge in [0.25, 0.3) is 6.47 Å². The average molecular weight is 412 g/mol. The second kappa shape index (κ2) is 9.49. The number of carboxylic acid groups (broad SMARTS) is 1. The lowest BCUT2D eigenvalue weighted by Crippen LogP contribution is -2.33. The first-order chi connectivity index (χ1) is 12.4. The maximum atomic E-state index is 12.7. The molecule has 7 nitrogen and oxygen atoms in total. The third-order valence-corrected chi connectivity index (χ3v) is 6.09. The van der Waals surface area contributed by atoms with Crippen molar-refractivity contribution in [2.75, 3.05) is 32.9 Å². The number of sulfonamides is 1. The van der Waals surface area contributed by atoms with E-state index in [0.29, 0.717) is 12.1 Å². The molecular formula is C16H23F3N2O5S. The first-order valence-electron chi connectivity index (χ1n) is 7.95. The van der Waals surface area contributed by atoms with Gasteiger partial charge >= 0.3 is 6.18 Å². The molecule has 0 amide bonds. The number of halogens is 3. The van der Waals surface area contributed by atoms with E-state index in [1.54, 1.807) is 11.0 Å². The fourth-order valence-corrected chi connectivity index (χ4v) is 3.92. The molecule has 1 heterocycles. The fourth-order valence-electron chi connectivity index (χ4n) is 2.76. The normalized spacial score (nSPS) is 21.0. The second-order valence-corrected chi connectivity index (χ2v) is 8.61. The molecule has 154 valence electrons. The Morgan fingerprint density at radius 3 is 2.41 bits per heavy atom. The molecule has 1 fully saturated rings. The van der Waals surface area contributed by atoms with Gasteiger partial charge in [0, 0.05) is 39.6 Å². The average Bonchev–Trinajstić information content (AvgIpc) is 2.86. The van der Waals surface area contributed by atoms with E-state index in [4.69, 9.17) is 9.90 Å². The highest BCUT2D eigenvalue weighted by atomic mass is 32.2. The summed E-state index contributed by atoms with van der Waals surface area (Å²) >= 11 is 0. The van der Waals surface area contributed by atoms with Crippen LogP contribution in [0.4, 0.5) is 13.2 Å². The zero-order valence-electron chi connectivity index (χ0n) is 14.9. The smallest absolute Gasteiger partial charge is 0.416 e. The highest BCUT2D eigenvalue weighted by molar-refractivity contribution is 7.89. The van der Waals surface area contributed by atoms with Crippen LogP contribution in [-0.2, 0) is 27.5 Å². The van der Waals surface area contributed by atoms with E-state index >= 15 is 0 Å². The number of rotatable bonds is 5. The summed E-state index contributed by atoms with van der Waals surface area (Å²) in [5.41, 5.74) is -0.236. The van der Waals surface area contributed by atoms with Crippen molar-refractivity contribution in [2.45, 2.75) is 18.8 Å². The number of aliphatic hydroxyl groups excluding tert-OH is 1. The van der Waals surface area contributed by atoms with Crippen molar-refractivity contribution < 1.29 is 36.6 Å². The van der Waals surface area contributed by atoms with Crippen molar-refractivity contribution in [2.24, 2.45) is 5.92 Å². The van der Waals surface area contributed by atoms with Crippen molar-refractivity contribution in [3.05, 3.63) is 35.4 Å². The van der Waals surface area contributed by atoms with Crippen LogP contribution in [-0.4, -0.2) is 73.3 Å². The van der Waals surface area contributed by atoms with Gasteiger partial charge < -0.3 is 10.2 Å². The molecule has 2 N–H and O–H groups in total. The van der Waals surface area contributed by atoms with Crippen LogP contribution in [0, 0.1) is 5.92 Å². The molecule has 1 aromatic rings. The van der Waals surface area contributed by atoms with Crippen molar-refractivity contribution in [1.29, 1.82) is 0 Å². The summed E-state index contributed by atoms with van der Waals surface area (Å²) in [5.74, 6) is -0.636. The summed E-state index contributed by atoms with van der Waals surface area (Å²) in [6, 6.07) is 5.02. The van der Waals surface area contributed by atoms with Gasteiger partial charge in [0.05, 0.1) is 17.4 Å². The molecule has 2 atom stereocenters. The number of β-amino-alcohol motifs (C(OH)–C–C–N with tert-alkyl or cyclic N) is 1. The molecule has 0 saturated carbocycles. The summed E-state index contributed by atoms with van der Waals surface area (Å²) in [6.07, 6.45) is -5.21. The molecule has 0 unspecified atom stereocenters. The molecule has 0 aromatic heterocycles. The Balaban J connectivity index is 0.00000114. The quantitative estimate of drug-likeness (QED) is 0.703. The van der Waals surface area contributed by atoms with Gasteiger partial charge in [0.1, 0.15) is 0 Å². The van der Waals surface area contributed by atoms with Crippen LogP contribution < -0.4 is 0 Å². The van der Waals surface area contributed by atoms with Crippen LogP contribution in [0.1, 0.15) is 11.1 Å². The Hall–Kier alpha value is -1.69. The predicted octanol–water partition coefficient (Wildman–Crippen LogP) is 1.09. The fraction of sp³-hybridized carbons (Fsp3) is 0.562. The summed E-state index contributed by atoms with van der Waals surface area (Å²) in [5, 5.41) is 17.0. The van der Waals surface area contributed by atoms with Crippen LogP contribution in [0.15, 0.2) is 24.3 Å². The molecule has 1 aliphatic rings. The predicted molar refractivity (Wildman–Crippen MR) is 92.4 cm³/mol. The van der Waals surface area contributed by atoms with Crippen LogP contribution in [0.5, 0.6) is 0 Å². The van der Waals surface area contributed by atoms with E-state index in [0.717, 1.165) is 16.4 Å². The van der Waals surface area contributed by atoms with E-state index in [2.05, 4.69) is 0 Å². The first kappa shape index (κ1) is 23.3. The van der Waals surface area contributed by atoms with Crippen molar-refractivity contribution in [1.82, 2.24) is 9.21 Å². The van der Waals surface area contributed by atoms with Gasteiger partial charge in [-0.2, -0.15) is 13.2 Å². The molecule has 0 spiro atoms. The van der Waals surface area contributed by atoms with Gasteiger partial charge in [0.15, 0.2) is 0 Å². The molecule has 0 radical (unpaired) electrons. The Kier molecular flexibility index (Phi) is 8.21. The van der Waals surface area contributed by atoms with Crippen LogP contribution >= 0.6 is 0 Å². The van der Waals surface area contributed by atoms with Gasteiger partial charge in [-0.25, -0.2) is 12.7 Å². The van der Waals surface area contributed by atoms with Gasteiger partial charge in [-0.3, -0.25) is 9.69 Å². The summed E-state index contributed by atoms with van der Waals surface area (Å²) in [7, 11) is -0.584. The number of aliphatic hydroxyl groups is 1. The molecule has 27 heavy (non-hydrogen) atoms. The van der Waals surface area contributed by atoms with Crippen molar-refractivity contribution in [3.8, 4) is 0 Å². The minimum atomic E-state index is -4.40. The van der Waals surface area contributed by atoms with Gasteiger partial charge in [-0.1, -0.05) is 18.2 Å². The Morgan fingerprint density at radius 2 is 1.89 bits per heavy atom. The number of hydrogen-bond acceptors (Lipinski definition) is 5. The number of benzene rings is 1. The van der Waals surface area contributed by atoms with Crippen molar-refractivity contribution in [3.63, 3.8) is 0 Å². The lowest BCUT2D eigenvalue weighted by atomic mass is 10.1. The highest BCUT2D eigenvalue weighted by Gasteiger charge is 2.35. The van der Waals surface area contributed by atoms with E-state index < -0.39 is 33.8 Å². The molecule has 1 saturated heterocycles. The van der Waals surface area contributed by atoms with Crippen LogP contribution in [0.25, 0.3) is 0 Å². The van der Waals surface area contributed by atoms with Crippen molar-refractivity contribution >= 4 is 16.5 Å². The zero-order valence-corrected chi connectivity index (χ0v) is 15.7. The number of likely N-dealkylation sites (tertiary alicyclic amines) is 1. The molecule has 1 aromatic carbocycles. The monoisotopic (exact) mass is 412 g/mol. The van der Waals surface area contributed by atoms with Crippen LogP contribution in [0.3, 0.4) is 0 Å². The number of alkyl halides is 3. The minimum Gasteiger partial charge on any atom is -0.483 e.